The molecule has 0 aromatic heterocycles. The first kappa shape index (κ1) is 19.3. The maximum absolute atomic E-state index is 13.3. The molecule has 0 unspecified atom stereocenters. The van der Waals surface area contributed by atoms with Gasteiger partial charge in [-0.3, -0.25) is 4.79 Å². The van der Waals surface area contributed by atoms with Crippen molar-refractivity contribution in [3.8, 4) is 0 Å². The molecule has 1 aliphatic rings. The Bertz CT molecular complexity index is 969. The molecule has 5 nitrogen and oxygen atoms in total. The van der Waals surface area contributed by atoms with Gasteiger partial charge in [0.25, 0.3) is 0 Å². The van der Waals surface area contributed by atoms with Gasteiger partial charge < -0.3 is 9.47 Å². The second-order valence-corrected chi connectivity index (χ2v) is 6.00. The van der Waals surface area contributed by atoms with Gasteiger partial charge in [-0.1, -0.05) is 60.7 Å². The van der Waals surface area contributed by atoms with E-state index in [1.165, 1.54) is 0 Å². The molecule has 0 saturated carbocycles. The van der Waals surface area contributed by atoms with Gasteiger partial charge in [0, 0.05) is 11.1 Å². The third kappa shape index (κ3) is 3.51. The molecule has 142 valence electrons. The predicted molar refractivity (Wildman–Crippen MR) is 105 cm³/mol. The summed E-state index contributed by atoms with van der Waals surface area (Å²) in [7, 11) is 0. The number of carbonyl (C=O) groups excluding carboxylic acids is 3. The summed E-state index contributed by atoms with van der Waals surface area (Å²) in [4.78, 5) is 38.7. The van der Waals surface area contributed by atoms with E-state index in [-0.39, 0.29) is 29.9 Å². The zero-order valence-corrected chi connectivity index (χ0v) is 15.7. The van der Waals surface area contributed by atoms with E-state index in [1.807, 2.05) is 12.1 Å². The SMILES string of the molecule is CCOC(=O)C1=C(C(=O)OCC)C(c2ccccc2)=C(c2ccccc2)C1=O. The van der Waals surface area contributed by atoms with E-state index in [4.69, 9.17) is 9.47 Å². The molecular formula is C23H20O5. The van der Waals surface area contributed by atoms with Gasteiger partial charge in [0.2, 0.25) is 5.78 Å². The normalized spacial score (nSPS) is 13.7. The first-order valence-electron chi connectivity index (χ1n) is 9.08. The largest absolute Gasteiger partial charge is 0.462 e. The van der Waals surface area contributed by atoms with Crippen LogP contribution in [0.5, 0.6) is 0 Å². The van der Waals surface area contributed by atoms with Crippen LogP contribution in [-0.4, -0.2) is 30.9 Å². The summed E-state index contributed by atoms with van der Waals surface area (Å²) in [5, 5.41) is 0. The number of carbonyl (C=O) groups is 3. The summed E-state index contributed by atoms with van der Waals surface area (Å²) in [5.74, 6) is -2.08. The number of ether oxygens (including phenoxy) is 2. The zero-order chi connectivity index (χ0) is 20.1. The third-order valence-electron chi connectivity index (χ3n) is 4.29. The van der Waals surface area contributed by atoms with E-state index in [1.54, 1.807) is 62.4 Å². The minimum atomic E-state index is -0.824. The summed E-state index contributed by atoms with van der Waals surface area (Å²) >= 11 is 0. The molecule has 0 bridgehead atoms. The first-order valence-corrected chi connectivity index (χ1v) is 9.08. The Labute approximate surface area is 163 Å². The van der Waals surface area contributed by atoms with Crippen LogP contribution < -0.4 is 0 Å². The molecule has 28 heavy (non-hydrogen) atoms. The molecule has 0 spiro atoms. The molecule has 3 rings (SSSR count). The predicted octanol–water partition coefficient (Wildman–Crippen LogP) is 3.60. The van der Waals surface area contributed by atoms with Crippen LogP contribution in [0.3, 0.4) is 0 Å². The van der Waals surface area contributed by atoms with E-state index < -0.39 is 17.7 Å². The third-order valence-corrected chi connectivity index (χ3v) is 4.29. The maximum Gasteiger partial charge on any atom is 0.343 e. The van der Waals surface area contributed by atoms with Crippen molar-refractivity contribution in [2.45, 2.75) is 13.8 Å². The van der Waals surface area contributed by atoms with Crippen molar-refractivity contribution in [1.82, 2.24) is 0 Å². The summed E-state index contributed by atoms with van der Waals surface area (Å²) in [6.45, 7) is 3.53. The standard InChI is InChI=1S/C23H20O5/c1-3-27-22(25)19-17(15-11-7-5-8-12-15)18(16-13-9-6-10-14-16)21(24)20(19)23(26)28-4-2/h5-14H,3-4H2,1-2H3. The van der Waals surface area contributed by atoms with Crippen LogP contribution in [-0.2, 0) is 23.9 Å². The number of hydrogen-bond acceptors (Lipinski definition) is 5. The van der Waals surface area contributed by atoms with Crippen LogP contribution in [0.2, 0.25) is 0 Å². The highest BCUT2D eigenvalue weighted by atomic mass is 16.5. The van der Waals surface area contributed by atoms with Crippen LogP contribution >= 0.6 is 0 Å². The van der Waals surface area contributed by atoms with Crippen LogP contribution in [0.25, 0.3) is 11.1 Å². The van der Waals surface area contributed by atoms with Crippen LogP contribution in [0.15, 0.2) is 71.8 Å². The van der Waals surface area contributed by atoms with Gasteiger partial charge in [-0.15, -0.1) is 0 Å². The second kappa shape index (κ2) is 8.48. The number of hydrogen-bond donors (Lipinski definition) is 0. The molecule has 1 aliphatic carbocycles. The van der Waals surface area contributed by atoms with Crippen molar-refractivity contribution in [3.05, 3.63) is 82.9 Å². The van der Waals surface area contributed by atoms with Crippen LogP contribution in [0, 0.1) is 0 Å². The van der Waals surface area contributed by atoms with Gasteiger partial charge in [0.15, 0.2) is 0 Å². The monoisotopic (exact) mass is 376 g/mol. The Morgan fingerprint density at radius 1 is 0.679 bits per heavy atom. The molecular weight excluding hydrogens is 356 g/mol. The summed E-state index contributed by atoms with van der Waals surface area (Å²) in [6, 6.07) is 18.0. The minimum Gasteiger partial charge on any atom is -0.462 e. The van der Waals surface area contributed by atoms with E-state index in [9.17, 15) is 14.4 Å². The van der Waals surface area contributed by atoms with Gasteiger partial charge in [-0.05, 0) is 25.0 Å². The van der Waals surface area contributed by atoms with E-state index in [2.05, 4.69) is 0 Å². The molecule has 0 amide bonds. The van der Waals surface area contributed by atoms with Crippen molar-refractivity contribution in [3.63, 3.8) is 0 Å². The van der Waals surface area contributed by atoms with Crippen molar-refractivity contribution in [1.29, 1.82) is 0 Å². The Hall–Kier alpha value is -3.47. The van der Waals surface area contributed by atoms with Gasteiger partial charge >= 0.3 is 11.9 Å². The first-order chi connectivity index (χ1) is 13.6. The molecule has 0 atom stereocenters. The Balaban J connectivity index is 2.32. The minimum absolute atomic E-state index is 0.0460. The number of benzene rings is 2. The van der Waals surface area contributed by atoms with Crippen molar-refractivity contribution >= 4 is 28.9 Å². The lowest BCUT2D eigenvalue weighted by Crippen LogP contribution is -2.18. The van der Waals surface area contributed by atoms with Crippen LogP contribution in [0.1, 0.15) is 25.0 Å². The highest BCUT2D eigenvalue weighted by Gasteiger charge is 2.41. The van der Waals surface area contributed by atoms with E-state index >= 15 is 0 Å². The Morgan fingerprint density at radius 3 is 1.57 bits per heavy atom. The lowest BCUT2D eigenvalue weighted by Gasteiger charge is -2.11. The molecule has 0 saturated heterocycles. The van der Waals surface area contributed by atoms with E-state index in [0.717, 1.165) is 0 Å². The maximum atomic E-state index is 13.3. The zero-order valence-electron chi connectivity index (χ0n) is 15.7. The highest BCUT2D eigenvalue weighted by Crippen LogP contribution is 2.42. The molecule has 0 radical (unpaired) electrons. The van der Waals surface area contributed by atoms with Gasteiger partial charge in [0.1, 0.15) is 5.57 Å². The highest BCUT2D eigenvalue weighted by molar-refractivity contribution is 6.50. The number of esters is 2. The Kier molecular flexibility index (Phi) is 5.84. The quantitative estimate of drug-likeness (QED) is 0.569. The van der Waals surface area contributed by atoms with Gasteiger partial charge in [-0.25, -0.2) is 9.59 Å². The Morgan fingerprint density at radius 2 is 1.11 bits per heavy atom. The van der Waals surface area contributed by atoms with Crippen molar-refractivity contribution in [2.24, 2.45) is 0 Å². The summed E-state index contributed by atoms with van der Waals surface area (Å²) in [6.07, 6.45) is 0. The fourth-order valence-corrected chi connectivity index (χ4v) is 3.18. The molecule has 0 aliphatic heterocycles. The average Bonchev–Trinajstić information content (AvgIpc) is 3.03. The summed E-state index contributed by atoms with van der Waals surface area (Å²) < 4.78 is 10.2. The number of rotatable bonds is 6. The second-order valence-electron chi connectivity index (χ2n) is 6.00. The van der Waals surface area contributed by atoms with E-state index in [0.29, 0.717) is 16.7 Å². The van der Waals surface area contributed by atoms with Crippen molar-refractivity contribution < 1.29 is 23.9 Å². The molecule has 0 N–H and O–H groups in total. The van der Waals surface area contributed by atoms with Gasteiger partial charge in [0.05, 0.1) is 18.8 Å². The molecule has 2 aromatic carbocycles. The number of ketones is 1. The molecule has 5 heteroatoms. The molecule has 2 aromatic rings. The molecule has 0 fully saturated rings. The van der Waals surface area contributed by atoms with Crippen LogP contribution in [0.4, 0.5) is 0 Å². The fraction of sp³-hybridized carbons (Fsp3) is 0.174. The summed E-state index contributed by atoms with van der Waals surface area (Å²) in [5.41, 5.74) is 1.62. The van der Waals surface area contributed by atoms with Gasteiger partial charge in [-0.2, -0.15) is 0 Å². The molecule has 0 heterocycles. The lowest BCUT2D eigenvalue weighted by atomic mass is 9.93. The lowest BCUT2D eigenvalue weighted by molar-refractivity contribution is -0.142. The number of allylic oxidation sites excluding steroid dienone is 1. The number of Topliss-reactive ketones (excluding diaryl/α,β-unsaturated/α-hetero) is 1. The topological polar surface area (TPSA) is 69.7 Å². The average molecular weight is 376 g/mol. The smallest absolute Gasteiger partial charge is 0.343 e. The van der Waals surface area contributed by atoms with Crippen molar-refractivity contribution in [2.75, 3.05) is 13.2 Å². The fourth-order valence-electron chi connectivity index (χ4n) is 3.18.